The van der Waals surface area contributed by atoms with E-state index in [1.54, 1.807) is 30.5 Å². The quantitative estimate of drug-likeness (QED) is 0.400. The maximum absolute atomic E-state index is 12.2. The molecular formula is C18H19BN2O4. The number of nitrogens with two attached hydrogens (primary N) is 1. The number of fused-ring (bicyclic) bond motifs is 1. The molecule has 128 valence electrons. The van der Waals surface area contributed by atoms with Crippen LogP contribution in [0.4, 0.5) is 5.69 Å². The van der Waals surface area contributed by atoms with Crippen LogP contribution in [0.3, 0.4) is 0 Å². The van der Waals surface area contributed by atoms with Gasteiger partial charge in [0.1, 0.15) is 5.58 Å². The van der Waals surface area contributed by atoms with Gasteiger partial charge in [-0.05, 0) is 35.7 Å². The van der Waals surface area contributed by atoms with Crippen LogP contribution in [0.2, 0.25) is 0 Å². The Labute approximate surface area is 145 Å². The third kappa shape index (κ3) is 4.20. The number of para-hydroxylation sites is 1. The van der Waals surface area contributed by atoms with E-state index in [0.717, 1.165) is 22.1 Å². The van der Waals surface area contributed by atoms with Gasteiger partial charge in [-0.25, -0.2) is 0 Å². The SMILES string of the molecule is Nc1ccc(CC(=O)NC(Cc2coc3ccccc23)B(O)O)cc1. The first-order valence-electron chi connectivity index (χ1n) is 7.98. The molecule has 6 nitrogen and oxygen atoms in total. The van der Waals surface area contributed by atoms with E-state index < -0.39 is 13.1 Å². The van der Waals surface area contributed by atoms with E-state index in [2.05, 4.69) is 5.32 Å². The van der Waals surface area contributed by atoms with E-state index in [0.29, 0.717) is 5.69 Å². The molecule has 0 aliphatic rings. The summed E-state index contributed by atoms with van der Waals surface area (Å²) in [4.78, 5) is 12.2. The van der Waals surface area contributed by atoms with Gasteiger partial charge in [0.25, 0.3) is 0 Å². The summed E-state index contributed by atoms with van der Waals surface area (Å²) in [5.74, 6) is -1.13. The van der Waals surface area contributed by atoms with E-state index >= 15 is 0 Å². The Bertz CT molecular complexity index is 861. The van der Waals surface area contributed by atoms with Crippen molar-refractivity contribution < 1.29 is 19.3 Å². The summed E-state index contributed by atoms with van der Waals surface area (Å²) in [6, 6.07) is 14.4. The van der Waals surface area contributed by atoms with Crippen LogP contribution in [0, 0.1) is 0 Å². The van der Waals surface area contributed by atoms with Crippen LogP contribution in [0.25, 0.3) is 11.0 Å². The number of amides is 1. The predicted molar refractivity (Wildman–Crippen MR) is 96.6 cm³/mol. The molecule has 0 aliphatic carbocycles. The molecule has 0 spiro atoms. The first-order valence-corrected chi connectivity index (χ1v) is 7.98. The van der Waals surface area contributed by atoms with Crippen molar-refractivity contribution in [3.8, 4) is 0 Å². The van der Waals surface area contributed by atoms with Crippen LogP contribution >= 0.6 is 0 Å². The smallest absolute Gasteiger partial charge is 0.464 e. The highest BCUT2D eigenvalue weighted by Gasteiger charge is 2.26. The second-order valence-corrected chi connectivity index (χ2v) is 5.97. The van der Waals surface area contributed by atoms with Crippen LogP contribution in [-0.2, 0) is 17.6 Å². The largest absolute Gasteiger partial charge is 0.475 e. The summed E-state index contributed by atoms with van der Waals surface area (Å²) < 4.78 is 5.45. The maximum Gasteiger partial charge on any atom is 0.475 e. The highest BCUT2D eigenvalue weighted by molar-refractivity contribution is 6.43. The summed E-state index contributed by atoms with van der Waals surface area (Å²) in [7, 11) is -1.68. The van der Waals surface area contributed by atoms with E-state index in [9.17, 15) is 14.8 Å². The van der Waals surface area contributed by atoms with Gasteiger partial charge in [0.2, 0.25) is 5.91 Å². The fraction of sp³-hybridized carbons (Fsp3) is 0.167. The number of benzene rings is 2. The average molecular weight is 338 g/mol. The van der Waals surface area contributed by atoms with Gasteiger partial charge in [0, 0.05) is 11.1 Å². The van der Waals surface area contributed by atoms with Crippen molar-refractivity contribution in [3.63, 3.8) is 0 Å². The van der Waals surface area contributed by atoms with Gasteiger partial charge in [0.05, 0.1) is 18.6 Å². The minimum atomic E-state index is -1.68. The lowest BCUT2D eigenvalue weighted by atomic mass is 9.75. The molecule has 1 amide bonds. The topological polar surface area (TPSA) is 109 Å². The van der Waals surface area contributed by atoms with Crippen molar-refractivity contribution >= 4 is 29.7 Å². The molecule has 0 saturated carbocycles. The summed E-state index contributed by atoms with van der Waals surface area (Å²) >= 11 is 0. The zero-order chi connectivity index (χ0) is 17.8. The lowest BCUT2D eigenvalue weighted by Crippen LogP contribution is -2.48. The lowest BCUT2D eigenvalue weighted by molar-refractivity contribution is -0.120. The molecule has 0 saturated heterocycles. The third-order valence-corrected chi connectivity index (χ3v) is 4.05. The summed E-state index contributed by atoms with van der Waals surface area (Å²) in [5.41, 5.74) is 8.57. The molecule has 1 aromatic heterocycles. The molecule has 3 aromatic rings. The summed E-state index contributed by atoms with van der Waals surface area (Å²) in [6.45, 7) is 0. The number of hydrogen-bond acceptors (Lipinski definition) is 5. The first-order chi connectivity index (χ1) is 12.0. The molecule has 1 atom stereocenters. The number of nitrogen functional groups attached to an aromatic ring is 1. The Hall–Kier alpha value is -2.77. The number of carbonyl (C=O) groups is 1. The molecule has 3 rings (SSSR count). The number of nitrogens with one attached hydrogen (secondary N) is 1. The van der Waals surface area contributed by atoms with Crippen molar-refractivity contribution in [2.75, 3.05) is 5.73 Å². The number of anilines is 1. The van der Waals surface area contributed by atoms with Crippen molar-refractivity contribution in [2.24, 2.45) is 0 Å². The molecule has 0 aliphatic heterocycles. The average Bonchev–Trinajstić information content (AvgIpc) is 2.99. The second kappa shape index (κ2) is 7.42. The predicted octanol–water partition coefficient (Wildman–Crippen LogP) is 1.30. The normalized spacial score (nSPS) is 12.1. The van der Waals surface area contributed by atoms with Crippen molar-refractivity contribution in [1.29, 1.82) is 0 Å². The first kappa shape index (κ1) is 17.1. The maximum atomic E-state index is 12.2. The van der Waals surface area contributed by atoms with Crippen LogP contribution in [-0.4, -0.2) is 29.0 Å². The van der Waals surface area contributed by atoms with E-state index in [-0.39, 0.29) is 18.7 Å². The Kier molecular flexibility index (Phi) is 5.07. The molecule has 7 heteroatoms. The van der Waals surface area contributed by atoms with Gasteiger partial charge >= 0.3 is 7.12 Å². The molecule has 0 radical (unpaired) electrons. The molecule has 1 unspecified atom stereocenters. The van der Waals surface area contributed by atoms with Crippen LogP contribution in [0.1, 0.15) is 11.1 Å². The number of hydrogen-bond donors (Lipinski definition) is 4. The molecule has 0 fully saturated rings. The van der Waals surface area contributed by atoms with Gasteiger partial charge in [0.15, 0.2) is 0 Å². The van der Waals surface area contributed by atoms with Crippen LogP contribution in [0.5, 0.6) is 0 Å². The Balaban J connectivity index is 1.68. The number of carbonyl (C=O) groups excluding carboxylic acids is 1. The highest BCUT2D eigenvalue weighted by Crippen LogP contribution is 2.22. The minimum absolute atomic E-state index is 0.135. The van der Waals surface area contributed by atoms with Gasteiger partial charge in [-0.3, -0.25) is 4.79 Å². The highest BCUT2D eigenvalue weighted by atomic mass is 16.4. The molecule has 2 aromatic carbocycles. The van der Waals surface area contributed by atoms with E-state index in [1.165, 1.54) is 0 Å². The molecule has 25 heavy (non-hydrogen) atoms. The zero-order valence-corrected chi connectivity index (χ0v) is 13.6. The fourth-order valence-electron chi connectivity index (χ4n) is 2.74. The zero-order valence-electron chi connectivity index (χ0n) is 13.6. The standard InChI is InChI=1S/C18H19BN2O4/c20-14-7-5-12(6-8-14)9-18(22)21-17(19(23)24)10-13-11-25-16-4-2-1-3-15(13)16/h1-8,11,17,23-24H,9-10,20H2,(H,21,22). The molecular weight excluding hydrogens is 319 g/mol. The fourth-order valence-corrected chi connectivity index (χ4v) is 2.74. The third-order valence-electron chi connectivity index (χ3n) is 4.05. The van der Waals surface area contributed by atoms with Gasteiger partial charge in [-0.1, -0.05) is 30.3 Å². The van der Waals surface area contributed by atoms with Crippen molar-refractivity contribution in [1.82, 2.24) is 5.32 Å². The Morgan fingerprint density at radius 1 is 1.16 bits per heavy atom. The van der Waals surface area contributed by atoms with Gasteiger partial charge in [-0.15, -0.1) is 0 Å². The van der Waals surface area contributed by atoms with Crippen LogP contribution < -0.4 is 11.1 Å². The Morgan fingerprint density at radius 3 is 2.60 bits per heavy atom. The molecule has 0 bridgehead atoms. The van der Waals surface area contributed by atoms with Gasteiger partial charge in [-0.2, -0.15) is 0 Å². The van der Waals surface area contributed by atoms with Crippen LogP contribution in [0.15, 0.2) is 59.2 Å². The van der Waals surface area contributed by atoms with Crippen molar-refractivity contribution in [2.45, 2.75) is 18.8 Å². The summed E-state index contributed by atoms with van der Waals surface area (Å²) in [5, 5.41) is 22.8. The molecule has 1 heterocycles. The van der Waals surface area contributed by atoms with E-state index in [4.69, 9.17) is 10.2 Å². The number of furan rings is 1. The van der Waals surface area contributed by atoms with Crippen molar-refractivity contribution in [3.05, 3.63) is 65.9 Å². The lowest BCUT2D eigenvalue weighted by Gasteiger charge is -2.17. The van der Waals surface area contributed by atoms with Gasteiger partial charge < -0.3 is 25.5 Å². The Morgan fingerprint density at radius 2 is 1.88 bits per heavy atom. The monoisotopic (exact) mass is 338 g/mol. The second-order valence-electron chi connectivity index (χ2n) is 5.97. The number of rotatable bonds is 6. The molecule has 5 N–H and O–H groups in total. The minimum Gasteiger partial charge on any atom is -0.464 e. The summed E-state index contributed by atoms with van der Waals surface area (Å²) in [6.07, 6.45) is 1.96. The van der Waals surface area contributed by atoms with E-state index in [1.807, 2.05) is 24.3 Å².